The van der Waals surface area contributed by atoms with Crippen LogP contribution in [0, 0.1) is 17.8 Å². The molecule has 19 heavy (non-hydrogen) atoms. The van der Waals surface area contributed by atoms with Crippen LogP contribution in [0.1, 0.15) is 39.0 Å². The standard InChI is InChI=1S/C15H24N2O2/c1-11(18)16-7-5-12(6-8-16)15(19)17-9-13-3-2-4-14(13)10-17/h12-14H,2-10H2,1H3. The molecule has 0 bridgehead atoms. The van der Waals surface area contributed by atoms with Crippen LogP contribution in [0.15, 0.2) is 0 Å². The number of hydrogen-bond acceptors (Lipinski definition) is 2. The molecule has 1 saturated carbocycles. The maximum atomic E-state index is 12.5. The number of carbonyl (C=O) groups excluding carboxylic acids is 2. The largest absolute Gasteiger partial charge is 0.343 e. The summed E-state index contributed by atoms with van der Waals surface area (Å²) in [6.07, 6.45) is 5.69. The lowest BCUT2D eigenvalue weighted by Gasteiger charge is -2.32. The van der Waals surface area contributed by atoms with E-state index in [-0.39, 0.29) is 11.8 Å². The van der Waals surface area contributed by atoms with Crippen molar-refractivity contribution < 1.29 is 9.59 Å². The highest BCUT2D eigenvalue weighted by Crippen LogP contribution is 2.38. The third kappa shape index (κ3) is 2.49. The molecule has 4 heteroatoms. The first-order chi connectivity index (χ1) is 9.15. The van der Waals surface area contributed by atoms with Crippen molar-refractivity contribution in [3.63, 3.8) is 0 Å². The van der Waals surface area contributed by atoms with Gasteiger partial charge in [0.1, 0.15) is 0 Å². The molecule has 4 nitrogen and oxygen atoms in total. The number of carbonyl (C=O) groups is 2. The van der Waals surface area contributed by atoms with Crippen LogP contribution in [0.5, 0.6) is 0 Å². The molecule has 0 aromatic heterocycles. The van der Waals surface area contributed by atoms with Crippen LogP contribution in [-0.2, 0) is 9.59 Å². The second-order valence-electron chi connectivity index (χ2n) is 6.47. The Morgan fingerprint density at radius 2 is 1.47 bits per heavy atom. The normalized spacial score (nSPS) is 31.6. The van der Waals surface area contributed by atoms with Gasteiger partial charge in [0, 0.05) is 39.0 Å². The third-order valence-corrected chi connectivity index (χ3v) is 5.33. The van der Waals surface area contributed by atoms with Gasteiger partial charge in [0.2, 0.25) is 11.8 Å². The van der Waals surface area contributed by atoms with E-state index in [2.05, 4.69) is 4.90 Å². The van der Waals surface area contributed by atoms with Gasteiger partial charge in [0.05, 0.1) is 0 Å². The Balaban J connectivity index is 1.53. The predicted octanol–water partition coefficient (Wildman–Crippen LogP) is 1.50. The van der Waals surface area contributed by atoms with Crippen molar-refractivity contribution in [2.24, 2.45) is 17.8 Å². The van der Waals surface area contributed by atoms with Crippen LogP contribution in [0.2, 0.25) is 0 Å². The average molecular weight is 264 g/mol. The van der Waals surface area contributed by atoms with E-state index < -0.39 is 0 Å². The van der Waals surface area contributed by atoms with Crippen LogP contribution in [-0.4, -0.2) is 47.8 Å². The molecule has 0 spiro atoms. The van der Waals surface area contributed by atoms with E-state index in [9.17, 15) is 9.59 Å². The van der Waals surface area contributed by atoms with E-state index in [0.717, 1.165) is 50.9 Å². The molecular formula is C15H24N2O2. The van der Waals surface area contributed by atoms with Gasteiger partial charge in [-0.1, -0.05) is 6.42 Å². The summed E-state index contributed by atoms with van der Waals surface area (Å²) >= 11 is 0. The zero-order chi connectivity index (χ0) is 13.4. The summed E-state index contributed by atoms with van der Waals surface area (Å²) in [5, 5.41) is 0. The number of likely N-dealkylation sites (tertiary alicyclic amines) is 2. The number of rotatable bonds is 1. The molecule has 2 unspecified atom stereocenters. The highest BCUT2D eigenvalue weighted by molar-refractivity contribution is 5.80. The molecule has 3 aliphatic rings. The summed E-state index contributed by atoms with van der Waals surface area (Å²) in [4.78, 5) is 27.8. The lowest BCUT2D eigenvalue weighted by molar-refractivity contribution is -0.139. The van der Waals surface area contributed by atoms with Crippen LogP contribution < -0.4 is 0 Å². The minimum atomic E-state index is 0.140. The first kappa shape index (κ1) is 12.9. The second kappa shape index (κ2) is 5.14. The van der Waals surface area contributed by atoms with Gasteiger partial charge in [-0.15, -0.1) is 0 Å². The number of nitrogens with zero attached hydrogens (tertiary/aromatic N) is 2. The minimum Gasteiger partial charge on any atom is -0.343 e. The molecular weight excluding hydrogens is 240 g/mol. The molecule has 1 aliphatic carbocycles. The topological polar surface area (TPSA) is 40.6 Å². The molecule has 106 valence electrons. The van der Waals surface area contributed by atoms with E-state index in [1.165, 1.54) is 19.3 Å². The van der Waals surface area contributed by atoms with Gasteiger partial charge in [-0.25, -0.2) is 0 Å². The van der Waals surface area contributed by atoms with Crippen molar-refractivity contribution in [3.8, 4) is 0 Å². The monoisotopic (exact) mass is 264 g/mol. The number of amides is 2. The zero-order valence-electron chi connectivity index (χ0n) is 11.8. The fourth-order valence-corrected chi connectivity index (χ4v) is 4.11. The number of hydrogen-bond donors (Lipinski definition) is 0. The molecule has 0 radical (unpaired) electrons. The molecule has 0 aromatic carbocycles. The van der Waals surface area contributed by atoms with Crippen LogP contribution >= 0.6 is 0 Å². The minimum absolute atomic E-state index is 0.140. The van der Waals surface area contributed by atoms with E-state index in [0.29, 0.717) is 5.91 Å². The lowest BCUT2D eigenvalue weighted by atomic mass is 9.95. The van der Waals surface area contributed by atoms with Crippen molar-refractivity contribution in [1.82, 2.24) is 9.80 Å². The van der Waals surface area contributed by atoms with Gasteiger partial charge in [-0.05, 0) is 37.5 Å². The van der Waals surface area contributed by atoms with Crippen molar-refractivity contribution in [2.75, 3.05) is 26.2 Å². The van der Waals surface area contributed by atoms with Gasteiger partial charge in [0.25, 0.3) is 0 Å². The van der Waals surface area contributed by atoms with E-state index in [1.54, 1.807) is 6.92 Å². The Morgan fingerprint density at radius 3 is 2.00 bits per heavy atom. The summed E-state index contributed by atoms with van der Waals surface area (Å²) in [5.41, 5.74) is 0. The van der Waals surface area contributed by atoms with Crippen molar-refractivity contribution in [3.05, 3.63) is 0 Å². The summed E-state index contributed by atoms with van der Waals surface area (Å²) < 4.78 is 0. The predicted molar refractivity (Wildman–Crippen MR) is 72.4 cm³/mol. The van der Waals surface area contributed by atoms with Gasteiger partial charge >= 0.3 is 0 Å². The van der Waals surface area contributed by atoms with Crippen molar-refractivity contribution >= 4 is 11.8 Å². The smallest absolute Gasteiger partial charge is 0.225 e. The Morgan fingerprint density at radius 1 is 0.895 bits per heavy atom. The van der Waals surface area contributed by atoms with Crippen LogP contribution in [0.4, 0.5) is 0 Å². The van der Waals surface area contributed by atoms with Crippen LogP contribution in [0.3, 0.4) is 0 Å². The molecule has 0 aromatic rings. The maximum absolute atomic E-state index is 12.5. The quantitative estimate of drug-likeness (QED) is 0.720. The fourth-order valence-electron chi connectivity index (χ4n) is 4.11. The Labute approximate surface area is 115 Å². The summed E-state index contributed by atoms with van der Waals surface area (Å²) in [6, 6.07) is 0. The number of piperidine rings is 1. The SMILES string of the molecule is CC(=O)N1CCC(C(=O)N2CC3CCCC3C2)CC1. The Kier molecular flexibility index (Phi) is 3.50. The molecule has 2 amide bonds. The summed E-state index contributed by atoms with van der Waals surface area (Å²) in [7, 11) is 0. The first-order valence-corrected chi connectivity index (χ1v) is 7.69. The van der Waals surface area contributed by atoms with Crippen LogP contribution in [0.25, 0.3) is 0 Å². The molecule has 0 N–H and O–H groups in total. The molecule has 2 atom stereocenters. The molecule has 2 saturated heterocycles. The third-order valence-electron chi connectivity index (χ3n) is 5.33. The van der Waals surface area contributed by atoms with E-state index >= 15 is 0 Å². The van der Waals surface area contributed by atoms with Gasteiger partial charge in [0.15, 0.2) is 0 Å². The van der Waals surface area contributed by atoms with Crippen molar-refractivity contribution in [1.29, 1.82) is 0 Å². The zero-order valence-corrected chi connectivity index (χ0v) is 11.8. The Hall–Kier alpha value is -1.06. The van der Waals surface area contributed by atoms with Gasteiger partial charge < -0.3 is 9.80 Å². The Bertz CT molecular complexity index is 362. The van der Waals surface area contributed by atoms with E-state index in [1.807, 2.05) is 4.90 Å². The van der Waals surface area contributed by atoms with Crippen molar-refractivity contribution in [2.45, 2.75) is 39.0 Å². The van der Waals surface area contributed by atoms with E-state index in [4.69, 9.17) is 0 Å². The lowest BCUT2D eigenvalue weighted by Crippen LogP contribution is -2.43. The fraction of sp³-hybridized carbons (Fsp3) is 0.867. The van der Waals surface area contributed by atoms with Gasteiger partial charge in [-0.3, -0.25) is 9.59 Å². The highest BCUT2D eigenvalue weighted by atomic mass is 16.2. The molecule has 2 heterocycles. The maximum Gasteiger partial charge on any atom is 0.225 e. The first-order valence-electron chi connectivity index (χ1n) is 7.69. The number of fused-ring (bicyclic) bond motifs is 1. The molecule has 3 fully saturated rings. The second-order valence-corrected chi connectivity index (χ2v) is 6.47. The summed E-state index contributed by atoms with van der Waals surface area (Å²) in [5.74, 6) is 2.22. The summed E-state index contributed by atoms with van der Waals surface area (Å²) in [6.45, 7) is 5.12. The highest BCUT2D eigenvalue weighted by Gasteiger charge is 2.40. The average Bonchev–Trinajstić information content (AvgIpc) is 2.98. The molecule has 3 rings (SSSR count). The molecule has 2 aliphatic heterocycles. The van der Waals surface area contributed by atoms with Gasteiger partial charge in [-0.2, -0.15) is 0 Å².